The van der Waals surface area contributed by atoms with E-state index < -0.39 is 28.5 Å². The third-order valence-corrected chi connectivity index (χ3v) is 10.2. The minimum absolute atomic E-state index is 0.0164. The second-order valence-corrected chi connectivity index (χ2v) is 13.8. The van der Waals surface area contributed by atoms with E-state index in [1.54, 1.807) is 54.6 Å². The van der Waals surface area contributed by atoms with Gasteiger partial charge in [-0.25, -0.2) is 8.42 Å². The molecule has 0 saturated carbocycles. The molecule has 4 rings (SSSR count). The third kappa shape index (κ3) is 8.77. The lowest BCUT2D eigenvalue weighted by atomic mass is 10.0. The van der Waals surface area contributed by atoms with Gasteiger partial charge in [0.25, 0.3) is 10.0 Å². The molecule has 0 aliphatic rings. The lowest BCUT2D eigenvalue weighted by molar-refractivity contribution is -0.140. The highest BCUT2D eigenvalue weighted by Crippen LogP contribution is 2.28. The number of hydrogen-bond donors (Lipinski definition) is 1. The number of nitrogens with one attached hydrogen (secondary N) is 1. The van der Waals surface area contributed by atoms with Crippen molar-refractivity contribution in [2.75, 3.05) is 17.4 Å². The fourth-order valence-electron chi connectivity index (χ4n) is 5.12. The number of hydrogen-bond acceptors (Lipinski definition) is 4. The van der Waals surface area contributed by atoms with Crippen LogP contribution < -0.4 is 9.62 Å². The summed E-state index contributed by atoms with van der Waals surface area (Å²) >= 11 is 6.57. The van der Waals surface area contributed by atoms with Gasteiger partial charge >= 0.3 is 0 Å². The zero-order chi connectivity index (χ0) is 33.3. The van der Waals surface area contributed by atoms with Crippen LogP contribution in [0.3, 0.4) is 0 Å². The summed E-state index contributed by atoms with van der Waals surface area (Å²) in [6.45, 7) is 7.73. The number of rotatable bonds is 14. The summed E-state index contributed by atoms with van der Waals surface area (Å²) in [5, 5.41) is 3.45. The van der Waals surface area contributed by atoms with Crippen molar-refractivity contribution < 1.29 is 18.0 Å². The molecule has 242 valence electrons. The standard InChI is InChI=1S/C37H42ClN3O4S/c1-5-6-22-39-37(43)35(24-30-12-8-7-9-13-30)40(25-31-14-10-11-15-34(31)38)36(42)26-41(32-19-18-28(3)29(4)23-32)46(44,45)33-20-16-27(2)17-21-33/h7-21,23,35H,5-6,22,24-26H2,1-4H3,(H,39,43). The molecule has 1 unspecified atom stereocenters. The average molecular weight is 660 g/mol. The molecular weight excluding hydrogens is 618 g/mol. The summed E-state index contributed by atoms with van der Waals surface area (Å²) in [6.07, 6.45) is 1.93. The average Bonchev–Trinajstić information content (AvgIpc) is 3.04. The van der Waals surface area contributed by atoms with Crippen molar-refractivity contribution in [2.45, 2.75) is 64.4 Å². The Hall–Kier alpha value is -4.14. The fraction of sp³-hybridized carbons (Fsp3) is 0.297. The fourth-order valence-corrected chi connectivity index (χ4v) is 6.72. The van der Waals surface area contributed by atoms with Crippen LogP contribution in [-0.4, -0.2) is 44.3 Å². The molecule has 1 atom stereocenters. The van der Waals surface area contributed by atoms with E-state index in [2.05, 4.69) is 5.32 Å². The molecule has 0 aliphatic heterocycles. The summed E-state index contributed by atoms with van der Waals surface area (Å²) in [4.78, 5) is 30.0. The van der Waals surface area contributed by atoms with Crippen LogP contribution >= 0.6 is 11.6 Å². The molecule has 0 radical (unpaired) electrons. The summed E-state index contributed by atoms with van der Waals surface area (Å²) in [5.41, 5.74) is 4.68. The van der Waals surface area contributed by atoms with Crippen LogP contribution in [0, 0.1) is 20.8 Å². The van der Waals surface area contributed by atoms with Crippen LogP contribution in [0.5, 0.6) is 0 Å². The molecule has 46 heavy (non-hydrogen) atoms. The Morgan fingerprint density at radius 3 is 2.17 bits per heavy atom. The van der Waals surface area contributed by atoms with E-state index in [4.69, 9.17) is 11.6 Å². The Morgan fingerprint density at radius 1 is 0.848 bits per heavy atom. The number of aryl methyl sites for hydroxylation is 3. The van der Waals surface area contributed by atoms with Crippen LogP contribution in [0.1, 0.15) is 47.6 Å². The Morgan fingerprint density at radius 2 is 1.52 bits per heavy atom. The molecule has 1 N–H and O–H groups in total. The number of benzene rings is 4. The van der Waals surface area contributed by atoms with Gasteiger partial charge in [0, 0.05) is 24.5 Å². The third-order valence-electron chi connectivity index (χ3n) is 8.07. The van der Waals surface area contributed by atoms with Gasteiger partial charge in [-0.1, -0.05) is 97.2 Å². The summed E-state index contributed by atoms with van der Waals surface area (Å²) in [6, 6.07) is 27.6. The molecule has 2 amide bonds. The van der Waals surface area contributed by atoms with Gasteiger partial charge in [0.1, 0.15) is 12.6 Å². The van der Waals surface area contributed by atoms with Crippen molar-refractivity contribution in [3.63, 3.8) is 0 Å². The van der Waals surface area contributed by atoms with Crippen LogP contribution in [-0.2, 0) is 32.6 Å². The molecule has 0 spiro atoms. The Labute approximate surface area is 278 Å². The van der Waals surface area contributed by atoms with E-state index in [0.717, 1.165) is 39.4 Å². The van der Waals surface area contributed by atoms with Crippen molar-refractivity contribution in [2.24, 2.45) is 0 Å². The number of sulfonamides is 1. The van der Waals surface area contributed by atoms with Crippen molar-refractivity contribution >= 4 is 39.1 Å². The zero-order valence-electron chi connectivity index (χ0n) is 26.9. The lowest BCUT2D eigenvalue weighted by Gasteiger charge is -2.34. The number of halogens is 1. The van der Waals surface area contributed by atoms with E-state index in [0.29, 0.717) is 22.8 Å². The summed E-state index contributed by atoms with van der Waals surface area (Å²) in [7, 11) is -4.17. The van der Waals surface area contributed by atoms with E-state index in [9.17, 15) is 18.0 Å². The van der Waals surface area contributed by atoms with Crippen molar-refractivity contribution in [1.82, 2.24) is 10.2 Å². The van der Waals surface area contributed by atoms with E-state index >= 15 is 0 Å². The Kier molecular flexibility index (Phi) is 12.0. The first-order chi connectivity index (χ1) is 22.0. The van der Waals surface area contributed by atoms with Gasteiger partial charge in [0.15, 0.2) is 0 Å². The minimum atomic E-state index is -4.17. The number of carbonyl (C=O) groups excluding carboxylic acids is 2. The van der Waals surface area contributed by atoms with Gasteiger partial charge in [-0.05, 0) is 79.8 Å². The predicted octanol–water partition coefficient (Wildman–Crippen LogP) is 7.02. The summed E-state index contributed by atoms with van der Waals surface area (Å²) < 4.78 is 29.6. The molecule has 0 fully saturated rings. The molecule has 0 heterocycles. The van der Waals surface area contributed by atoms with Crippen molar-refractivity contribution in [1.29, 1.82) is 0 Å². The number of carbonyl (C=O) groups is 2. The maximum absolute atomic E-state index is 14.6. The van der Waals surface area contributed by atoms with Crippen LogP contribution in [0.4, 0.5) is 5.69 Å². The largest absolute Gasteiger partial charge is 0.354 e. The molecule has 7 nitrogen and oxygen atoms in total. The second-order valence-electron chi connectivity index (χ2n) is 11.6. The maximum Gasteiger partial charge on any atom is 0.264 e. The van der Waals surface area contributed by atoms with Gasteiger partial charge in [-0.2, -0.15) is 0 Å². The van der Waals surface area contributed by atoms with Crippen molar-refractivity contribution in [3.8, 4) is 0 Å². The molecule has 4 aromatic rings. The molecule has 0 saturated heterocycles. The molecule has 0 aromatic heterocycles. The summed E-state index contributed by atoms with van der Waals surface area (Å²) in [5.74, 6) is -0.836. The van der Waals surface area contributed by atoms with Gasteiger partial charge in [-0.3, -0.25) is 13.9 Å². The van der Waals surface area contributed by atoms with E-state index in [-0.39, 0.29) is 23.8 Å². The van der Waals surface area contributed by atoms with Crippen LogP contribution in [0.2, 0.25) is 5.02 Å². The molecule has 0 bridgehead atoms. The quantitative estimate of drug-likeness (QED) is 0.148. The molecule has 4 aromatic carbocycles. The predicted molar refractivity (Wildman–Crippen MR) is 185 cm³/mol. The number of amides is 2. The Balaban J connectivity index is 1.81. The van der Waals surface area contributed by atoms with Crippen LogP contribution in [0.25, 0.3) is 0 Å². The van der Waals surface area contributed by atoms with Gasteiger partial charge in [0.2, 0.25) is 11.8 Å². The smallest absolute Gasteiger partial charge is 0.264 e. The zero-order valence-corrected chi connectivity index (χ0v) is 28.4. The molecule has 0 aliphatic carbocycles. The van der Waals surface area contributed by atoms with Gasteiger partial charge in [-0.15, -0.1) is 0 Å². The van der Waals surface area contributed by atoms with Gasteiger partial charge in [0.05, 0.1) is 10.6 Å². The lowest BCUT2D eigenvalue weighted by Crippen LogP contribution is -2.53. The van der Waals surface area contributed by atoms with Gasteiger partial charge < -0.3 is 10.2 Å². The van der Waals surface area contributed by atoms with Crippen molar-refractivity contribution in [3.05, 3.63) is 130 Å². The van der Waals surface area contributed by atoms with E-state index in [1.807, 2.05) is 70.2 Å². The second kappa shape index (κ2) is 15.9. The number of anilines is 1. The highest BCUT2D eigenvalue weighted by Gasteiger charge is 2.35. The highest BCUT2D eigenvalue weighted by molar-refractivity contribution is 7.92. The number of unbranched alkanes of at least 4 members (excludes halogenated alkanes) is 1. The first-order valence-corrected chi connectivity index (χ1v) is 17.3. The van der Waals surface area contributed by atoms with Crippen LogP contribution in [0.15, 0.2) is 102 Å². The Bertz CT molecular complexity index is 1740. The SMILES string of the molecule is CCCCNC(=O)C(Cc1ccccc1)N(Cc1ccccc1Cl)C(=O)CN(c1ccc(C)c(C)c1)S(=O)(=O)c1ccc(C)cc1. The molecule has 9 heteroatoms. The normalized spacial score (nSPS) is 11.9. The first kappa shape index (κ1) is 34.7. The topological polar surface area (TPSA) is 86.8 Å². The highest BCUT2D eigenvalue weighted by atomic mass is 35.5. The first-order valence-electron chi connectivity index (χ1n) is 15.5. The number of nitrogens with zero attached hydrogens (tertiary/aromatic N) is 2. The monoisotopic (exact) mass is 659 g/mol. The minimum Gasteiger partial charge on any atom is -0.354 e. The molecular formula is C37H42ClN3O4S. The van der Waals surface area contributed by atoms with E-state index in [1.165, 1.54) is 4.90 Å². The maximum atomic E-state index is 14.6.